The third-order valence-electron chi connectivity index (χ3n) is 3.54. The molecule has 0 N–H and O–H groups in total. The second-order valence-electron chi connectivity index (χ2n) is 4.46. The topological polar surface area (TPSA) is 53.1 Å². The van der Waals surface area contributed by atoms with E-state index < -0.39 is 12.1 Å². The van der Waals surface area contributed by atoms with Gasteiger partial charge in [0.25, 0.3) is 0 Å². The van der Waals surface area contributed by atoms with Crippen molar-refractivity contribution in [1.82, 2.24) is 14.7 Å². The average molecular weight is 241 g/mol. The van der Waals surface area contributed by atoms with Gasteiger partial charge in [0.2, 0.25) is 5.91 Å². The molecule has 17 heavy (non-hydrogen) atoms. The van der Waals surface area contributed by atoms with Crippen molar-refractivity contribution in [3.63, 3.8) is 0 Å². The molecule has 6 heteroatoms. The van der Waals surface area contributed by atoms with E-state index in [1.807, 2.05) is 4.90 Å². The van der Waals surface area contributed by atoms with Crippen molar-refractivity contribution < 1.29 is 14.3 Å². The van der Waals surface area contributed by atoms with Crippen molar-refractivity contribution in [3.8, 4) is 0 Å². The molecule has 1 atom stereocenters. The van der Waals surface area contributed by atoms with Crippen LogP contribution in [-0.4, -0.2) is 79.1 Å². The molecule has 2 fully saturated rings. The molecule has 2 rings (SSSR count). The summed E-state index contributed by atoms with van der Waals surface area (Å²) in [5, 5.41) is 0. The van der Waals surface area contributed by atoms with Gasteiger partial charge in [-0.2, -0.15) is 0 Å². The third-order valence-corrected chi connectivity index (χ3v) is 3.54. The monoisotopic (exact) mass is 241 g/mol. The Kier molecular flexibility index (Phi) is 3.51. The zero-order valence-corrected chi connectivity index (χ0v) is 10.4. The van der Waals surface area contributed by atoms with Crippen LogP contribution in [0.25, 0.3) is 0 Å². The van der Waals surface area contributed by atoms with Gasteiger partial charge in [0.15, 0.2) is 0 Å². The molecule has 2 aliphatic heterocycles. The Bertz CT molecular complexity index is 313. The van der Waals surface area contributed by atoms with Gasteiger partial charge in [-0.15, -0.1) is 0 Å². The minimum Gasteiger partial charge on any atom is -0.447 e. The SMILES string of the molecule is CCN1CCN(C(=O)C2COC(=O)N2C)CC1. The highest BCUT2D eigenvalue weighted by molar-refractivity contribution is 5.87. The fourth-order valence-corrected chi connectivity index (χ4v) is 2.22. The molecule has 0 spiro atoms. The fraction of sp³-hybridized carbons (Fsp3) is 0.818. The van der Waals surface area contributed by atoms with Crippen LogP contribution in [0.15, 0.2) is 0 Å². The predicted molar refractivity (Wildman–Crippen MR) is 61.6 cm³/mol. The van der Waals surface area contributed by atoms with Crippen LogP contribution in [0.1, 0.15) is 6.92 Å². The average Bonchev–Trinajstić information content (AvgIpc) is 2.69. The number of rotatable bonds is 2. The molecule has 0 radical (unpaired) electrons. The summed E-state index contributed by atoms with van der Waals surface area (Å²) in [5.41, 5.74) is 0. The number of amides is 2. The summed E-state index contributed by atoms with van der Waals surface area (Å²) in [7, 11) is 1.61. The van der Waals surface area contributed by atoms with E-state index >= 15 is 0 Å². The van der Waals surface area contributed by atoms with Crippen LogP contribution in [-0.2, 0) is 9.53 Å². The molecule has 2 aliphatic rings. The predicted octanol–water partition coefficient (Wildman–Crippen LogP) is -0.399. The first-order chi connectivity index (χ1) is 8.13. The molecule has 1 unspecified atom stereocenters. The standard InChI is InChI=1S/C11H19N3O3/c1-3-13-4-6-14(7-5-13)10(15)9-8-17-11(16)12(9)2/h9H,3-8H2,1-2H3. The first-order valence-electron chi connectivity index (χ1n) is 6.04. The number of piperazine rings is 1. The molecular formula is C11H19N3O3. The Morgan fingerprint density at radius 3 is 2.47 bits per heavy atom. The van der Waals surface area contributed by atoms with E-state index in [-0.39, 0.29) is 12.5 Å². The molecule has 2 amide bonds. The molecule has 0 aromatic rings. The van der Waals surface area contributed by atoms with E-state index in [1.54, 1.807) is 7.05 Å². The summed E-state index contributed by atoms with van der Waals surface area (Å²) in [6.07, 6.45) is -0.407. The fourth-order valence-electron chi connectivity index (χ4n) is 2.22. The van der Waals surface area contributed by atoms with Gasteiger partial charge in [-0.25, -0.2) is 4.79 Å². The van der Waals surface area contributed by atoms with Gasteiger partial charge in [0, 0.05) is 33.2 Å². The van der Waals surface area contributed by atoms with Gasteiger partial charge in [-0.1, -0.05) is 6.92 Å². The highest BCUT2D eigenvalue weighted by Crippen LogP contribution is 2.13. The number of nitrogens with zero attached hydrogens (tertiary/aromatic N) is 3. The van der Waals surface area contributed by atoms with Crippen molar-refractivity contribution in [3.05, 3.63) is 0 Å². The Morgan fingerprint density at radius 2 is 2.00 bits per heavy atom. The van der Waals surface area contributed by atoms with Gasteiger partial charge in [0.05, 0.1) is 0 Å². The van der Waals surface area contributed by atoms with Gasteiger partial charge >= 0.3 is 6.09 Å². The maximum Gasteiger partial charge on any atom is 0.410 e. The smallest absolute Gasteiger partial charge is 0.410 e. The molecule has 0 bridgehead atoms. The number of hydrogen-bond acceptors (Lipinski definition) is 4. The maximum absolute atomic E-state index is 12.2. The minimum absolute atomic E-state index is 0.00843. The van der Waals surface area contributed by atoms with E-state index in [0.29, 0.717) is 0 Å². The molecular weight excluding hydrogens is 222 g/mol. The number of carbonyl (C=O) groups excluding carboxylic acids is 2. The van der Waals surface area contributed by atoms with Crippen LogP contribution in [0.4, 0.5) is 4.79 Å². The van der Waals surface area contributed by atoms with E-state index in [0.717, 1.165) is 32.7 Å². The van der Waals surface area contributed by atoms with Crippen LogP contribution in [0.2, 0.25) is 0 Å². The Labute approximate surface area is 101 Å². The lowest BCUT2D eigenvalue weighted by atomic mass is 10.2. The van der Waals surface area contributed by atoms with E-state index in [4.69, 9.17) is 4.74 Å². The summed E-state index contributed by atoms with van der Waals surface area (Å²) < 4.78 is 4.86. The molecule has 96 valence electrons. The van der Waals surface area contributed by atoms with Crippen LogP contribution < -0.4 is 0 Å². The van der Waals surface area contributed by atoms with Gasteiger partial charge in [-0.05, 0) is 6.54 Å². The number of hydrogen-bond donors (Lipinski definition) is 0. The molecule has 0 aliphatic carbocycles. The number of ether oxygens (including phenoxy) is 1. The van der Waals surface area contributed by atoms with Crippen LogP contribution >= 0.6 is 0 Å². The van der Waals surface area contributed by atoms with Gasteiger partial charge in [-0.3, -0.25) is 9.69 Å². The summed E-state index contributed by atoms with van der Waals surface area (Å²) >= 11 is 0. The molecule has 0 aromatic carbocycles. The quantitative estimate of drug-likeness (QED) is 0.660. The van der Waals surface area contributed by atoms with Crippen LogP contribution in [0, 0.1) is 0 Å². The second-order valence-corrected chi connectivity index (χ2v) is 4.46. The Balaban J connectivity index is 1.91. The summed E-state index contributed by atoms with van der Waals surface area (Å²) in [6, 6.07) is -0.435. The van der Waals surface area contributed by atoms with Crippen molar-refractivity contribution in [2.24, 2.45) is 0 Å². The third kappa shape index (κ3) is 2.36. The van der Waals surface area contributed by atoms with E-state index in [1.165, 1.54) is 4.90 Å². The molecule has 2 heterocycles. The first-order valence-corrected chi connectivity index (χ1v) is 6.04. The van der Waals surface area contributed by atoms with Gasteiger partial charge < -0.3 is 14.5 Å². The highest BCUT2D eigenvalue weighted by Gasteiger charge is 2.38. The minimum atomic E-state index is -0.435. The summed E-state index contributed by atoms with van der Waals surface area (Å²) in [5.74, 6) is 0.00843. The maximum atomic E-state index is 12.2. The Hall–Kier alpha value is -1.30. The molecule has 0 saturated carbocycles. The first kappa shape index (κ1) is 12.2. The Morgan fingerprint density at radius 1 is 1.35 bits per heavy atom. The van der Waals surface area contributed by atoms with E-state index in [9.17, 15) is 9.59 Å². The van der Waals surface area contributed by atoms with Crippen molar-refractivity contribution >= 4 is 12.0 Å². The molecule has 0 aromatic heterocycles. The highest BCUT2D eigenvalue weighted by atomic mass is 16.6. The zero-order chi connectivity index (χ0) is 12.4. The van der Waals surface area contributed by atoms with Crippen LogP contribution in [0.5, 0.6) is 0 Å². The van der Waals surface area contributed by atoms with Gasteiger partial charge in [0.1, 0.15) is 12.6 Å². The second kappa shape index (κ2) is 4.91. The number of likely N-dealkylation sites (N-methyl/N-ethyl adjacent to an activating group) is 2. The zero-order valence-electron chi connectivity index (χ0n) is 10.4. The lowest BCUT2D eigenvalue weighted by Gasteiger charge is -2.35. The molecule has 6 nitrogen and oxygen atoms in total. The van der Waals surface area contributed by atoms with E-state index in [2.05, 4.69) is 11.8 Å². The lowest BCUT2D eigenvalue weighted by Crippen LogP contribution is -2.53. The normalized spacial score (nSPS) is 26.2. The molecule has 2 saturated heterocycles. The van der Waals surface area contributed by atoms with Crippen LogP contribution in [0.3, 0.4) is 0 Å². The van der Waals surface area contributed by atoms with Crippen molar-refractivity contribution in [1.29, 1.82) is 0 Å². The van der Waals surface area contributed by atoms with Crippen molar-refractivity contribution in [2.75, 3.05) is 46.4 Å². The summed E-state index contributed by atoms with van der Waals surface area (Å²) in [4.78, 5) is 28.9. The summed E-state index contributed by atoms with van der Waals surface area (Å²) in [6.45, 7) is 6.63. The van der Waals surface area contributed by atoms with Crippen molar-refractivity contribution in [2.45, 2.75) is 13.0 Å². The number of carbonyl (C=O) groups is 2. The number of cyclic esters (lactones) is 1. The lowest BCUT2D eigenvalue weighted by molar-refractivity contribution is -0.136. The largest absolute Gasteiger partial charge is 0.447 e.